The van der Waals surface area contributed by atoms with Crippen LogP contribution in [0.4, 0.5) is 5.69 Å². The van der Waals surface area contributed by atoms with Gasteiger partial charge in [0.2, 0.25) is 0 Å². The first-order valence-corrected chi connectivity index (χ1v) is 7.86. The summed E-state index contributed by atoms with van der Waals surface area (Å²) in [7, 11) is -2.01. The zero-order chi connectivity index (χ0) is 14.8. The monoisotopic (exact) mass is 311 g/mol. The fourth-order valence-electron chi connectivity index (χ4n) is 1.83. The normalized spacial score (nSPS) is 11.3. The van der Waals surface area contributed by atoms with Gasteiger partial charge in [-0.1, -0.05) is 23.7 Å². The summed E-state index contributed by atoms with van der Waals surface area (Å²) in [5.41, 5.74) is 6.73. The maximum Gasteiger partial charge on any atom is 0.182 e. The fourth-order valence-corrected chi connectivity index (χ4v) is 3.49. The summed E-state index contributed by atoms with van der Waals surface area (Å²) < 4.78 is 29.9. The highest BCUT2D eigenvalue weighted by atomic mass is 35.5. The van der Waals surface area contributed by atoms with Gasteiger partial charge in [0.25, 0.3) is 0 Å². The first-order valence-electron chi connectivity index (χ1n) is 5.83. The van der Waals surface area contributed by atoms with E-state index in [0.717, 1.165) is 0 Å². The molecule has 20 heavy (non-hydrogen) atoms. The number of sulfone groups is 1. The molecule has 2 N–H and O–H groups in total. The van der Waals surface area contributed by atoms with Crippen LogP contribution in [-0.2, 0) is 15.6 Å². The van der Waals surface area contributed by atoms with Crippen molar-refractivity contribution < 1.29 is 13.2 Å². The third-order valence-electron chi connectivity index (χ3n) is 2.81. The van der Waals surface area contributed by atoms with E-state index in [4.69, 9.17) is 22.1 Å². The van der Waals surface area contributed by atoms with Crippen LogP contribution in [-0.4, -0.2) is 15.5 Å². The second kappa shape index (κ2) is 5.73. The molecule has 2 rings (SSSR count). The van der Waals surface area contributed by atoms with Gasteiger partial charge in [0, 0.05) is 22.3 Å². The Bertz CT molecular complexity index is 729. The fraction of sp³-hybridized carbons (Fsp3) is 0.143. The molecule has 106 valence electrons. The Hall–Kier alpha value is -1.72. The van der Waals surface area contributed by atoms with Gasteiger partial charge in [-0.05, 0) is 24.3 Å². The first-order chi connectivity index (χ1) is 9.42. The summed E-state index contributed by atoms with van der Waals surface area (Å²) in [4.78, 5) is 0.184. The van der Waals surface area contributed by atoms with Gasteiger partial charge < -0.3 is 10.5 Å². The predicted octanol–water partition coefficient (Wildman–Crippen LogP) is 2.90. The van der Waals surface area contributed by atoms with Crippen molar-refractivity contribution >= 4 is 27.1 Å². The number of halogens is 1. The lowest BCUT2D eigenvalue weighted by atomic mass is 10.2. The SMILES string of the molecule is COc1cc(N)ccc1CS(=O)(=O)c1cccc(Cl)c1. The number of hydrogen-bond acceptors (Lipinski definition) is 4. The Kier molecular flexibility index (Phi) is 4.20. The van der Waals surface area contributed by atoms with Crippen molar-refractivity contribution in [1.82, 2.24) is 0 Å². The van der Waals surface area contributed by atoms with Gasteiger partial charge in [0.15, 0.2) is 9.84 Å². The molecular weight excluding hydrogens is 298 g/mol. The molecule has 0 radical (unpaired) electrons. The lowest BCUT2D eigenvalue weighted by Gasteiger charge is -2.10. The van der Waals surface area contributed by atoms with E-state index in [0.29, 0.717) is 22.0 Å². The van der Waals surface area contributed by atoms with Crippen LogP contribution in [0.3, 0.4) is 0 Å². The summed E-state index contributed by atoms with van der Waals surface area (Å²) in [6.45, 7) is 0. The Morgan fingerprint density at radius 1 is 1.20 bits per heavy atom. The standard InChI is InChI=1S/C14H14ClNO3S/c1-19-14-8-12(16)6-5-10(14)9-20(17,18)13-4-2-3-11(15)7-13/h2-8H,9,16H2,1H3. The molecule has 0 unspecified atom stereocenters. The Morgan fingerprint density at radius 3 is 2.60 bits per heavy atom. The van der Waals surface area contributed by atoms with E-state index < -0.39 is 9.84 Å². The van der Waals surface area contributed by atoms with Crippen molar-refractivity contribution in [3.8, 4) is 5.75 Å². The highest BCUT2D eigenvalue weighted by Crippen LogP contribution is 2.26. The van der Waals surface area contributed by atoms with Gasteiger partial charge in [0.1, 0.15) is 5.75 Å². The third-order valence-corrected chi connectivity index (χ3v) is 4.71. The molecule has 0 saturated carbocycles. The van der Waals surface area contributed by atoms with Crippen LogP contribution in [0, 0.1) is 0 Å². The van der Waals surface area contributed by atoms with E-state index in [2.05, 4.69) is 0 Å². The number of anilines is 1. The molecule has 0 amide bonds. The van der Waals surface area contributed by atoms with Crippen LogP contribution in [0.1, 0.15) is 5.56 Å². The summed E-state index contributed by atoms with van der Waals surface area (Å²) >= 11 is 5.83. The van der Waals surface area contributed by atoms with Gasteiger partial charge in [-0.2, -0.15) is 0 Å². The summed E-state index contributed by atoms with van der Waals surface area (Å²) in [5, 5.41) is 0.385. The van der Waals surface area contributed by atoms with Crippen molar-refractivity contribution in [1.29, 1.82) is 0 Å². The predicted molar refractivity (Wildman–Crippen MR) is 79.7 cm³/mol. The lowest BCUT2D eigenvalue weighted by molar-refractivity contribution is 0.411. The number of rotatable bonds is 4. The molecule has 0 bridgehead atoms. The third kappa shape index (κ3) is 3.23. The molecule has 0 saturated heterocycles. The Morgan fingerprint density at radius 2 is 1.95 bits per heavy atom. The van der Waals surface area contributed by atoms with E-state index in [1.54, 1.807) is 30.3 Å². The summed E-state index contributed by atoms with van der Waals surface area (Å²) in [6, 6.07) is 11.1. The van der Waals surface area contributed by atoms with Crippen LogP contribution in [0.2, 0.25) is 5.02 Å². The van der Waals surface area contributed by atoms with Gasteiger partial charge in [-0.15, -0.1) is 0 Å². The smallest absolute Gasteiger partial charge is 0.182 e. The zero-order valence-electron chi connectivity index (χ0n) is 10.8. The number of benzene rings is 2. The average molecular weight is 312 g/mol. The van der Waals surface area contributed by atoms with Gasteiger partial charge in [-0.25, -0.2) is 8.42 Å². The quantitative estimate of drug-likeness (QED) is 0.881. The second-order valence-corrected chi connectivity index (χ2v) is 6.71. The van der Waals surface area contributed by atoms with Crippen LogP contribution >= 0.6 is 11.6 Å². The minimum Gasteiger partial charge on any atom is -0.496 e. The molecule has 2 aromatic carbocycles. The molecule has 4 nitrogen and oxygen atoms in total. The second-order valence-electron chi connectivity index (χ2n) is 4.29. The minimum atomic E-state index is -3.49. The largest absolute Gasteiger partial charge is 0.496 e. The minimum absolute atomic E-state index is 0.170. The maximum absolute atomic E-state index is 12.4. The number of hydrogen-bond donors (Lipinski definition) is 1. The van der Waals surface area contributed by atoms with Crippen molar-refractivity contribution in [2.24, 2.45) is 0 Å². The zero-order valence-corrected chi connectivity index (χ0v) is 12.4. The molecule has 6 heteroatoms. The molecule has 0 aromatic heterocycles. The van der Waals surface area contributed by atoms with E-state index in [1.807, 2.05) is 0 Å². The van der Waals surface area contributed by atoms with Crippen LogP contribution in [0.5, 0.6) is 5.75 Å². The molecule has 0 heterocycles. The van der Waals surface area contributed by atoms with E-state index in [-0.39, 0.29) is 10.6 Å². The summed E-state index contributed by atoms with van der Waals surface area (Å²) in [5.74, 6) is 0.284. The van der Waals surface area contributed by atoms with Gasteiger partial charge in [-0.3, -0.25) is 0 Å². The van der Waals surface area contributed by atoms with Crippen LogP contribution in [0.15, 0.2) is 47.4 Å². The van der Waals surface area contributed by atoms with E-state index in [9.17, 15) is 8.42 Å². The van der Waals surface area contributed by atoms with Gasteiger partial charge in [0.05, 0.1) is 17.8 Å². The van der Waals surface area contributed by atoms with Crippen molar-refractivity contribution in [2.45, 2.75) is 10.6 Å². The van der Waals surface area contributed by atoms with Crippen LogP contribution < -0.4 is 10.5 Å². The maximum atomic E-state index is 12.4. The van der Waals surface area contributed by atoms with Gasteiger partial charge >= 0.3 is 0 Å². The number of ether oxygens (including phenoxy) is 1. The lowest BCUT2D eigenvalue weighted by Crippen LogP contribution is -2.06. The molecule has 0 atom stereocenters. The first kappa shape index (κ1) is 14.7. The number of nitrogens with two attached hydrogens (primary N) is 1. The van der Waals surface area contributed by atoms with E-state index >= 15 is 0 Å². The topological polar surface area (TPSA) is 69.4 Å². The molecule has 0 aliphatic carbocycles. The average Bonchev–Trinajstić information content (AvgIpc) is 2.40. The molecule has 2 aromatic rings. The Labute approximate surface area is 123 Å². The number of nitrogen functional groups attached to an aromatic ring is 1. The molecule has 0 fully saturated rings. The molecular formula is C14H14ClNO3S. The molecule has 0 spiro atoms. The van der Waals surface area contributed by atoms with Crippen molar-refractivity contribution in [3.05, 3.63) is 53.1 Å². The Balaban J connectivity index is 2.38. The highest BCUT2D eigenvalue weighted by Gasteiger charge is 2.18. The van der Waals surface area contributed by atoms with E-state index in [1.165, 1.54) is 19.2 Å². The molecule has 0 aliphatic rings. The van der Waals surface area contributed by atoms with Crippen molar-refractivity contribution in [2.75, 3.05) is 12.8 Å². The summed E-state index contributed by atoms with van der Waals surface area (Å²) in [6.07, 6.45) is 0. The van der Waals surface area contributed by atoms with Crippen LogP contribution in [0.25, 0.3) is 0 Å². The molecule has 0 aliphatic heterocycles. The number of methoxy groups -OCH3 is 1. The van der Waals surface area contributed by atoms with Crippen molar-refractivity contribution in [3.63, 3.8) is 0 Å². The highest BCUT2D eigenvalue weighted by molar-refractivity contribution is 7.90.